The number of nitrogens with zero attached hydrogens (tertiary/aromatic N) is 1. The largest absolute Gasteiger partial charge is 0.494 e. The Hall–Kier alpha value is -4.38. The van der Waals surface area contributed by atoms with Crippen LogP contribution < -0.4 is 29.7 Å². The lowest BCUT2D eigenvalue weighted by Crippen LogP contribution is -2.32. The monoisotopic (exact) mass is 569 g/mol. The molecule has 3 aromatic rings. The van der Waals surface area contributed by atoms with E-state index in [4.69, 9.17) is 18.9 Å². The Kier molecular flexibility index (Phi) is 9.61. The van der Waals surface area contributed by atoms with Crippen molar-refractivity contribution in [2.24, 2.45) is 5.10 Å². The molecule has 37 heavy (non-hydrogen) atoms. The van der Waals surface area contributed by atoms with Gasteiger partial charge in [0.2, 0.25) is 0 Å². The normalized spacial score (nSPS) is 10.5. The average molecular weight is 570 g/mol. The van der Waals surface area contributed by atoms with Gasteiger partial charge >= 0.3 is 17.8 Å². The van der Waals surface area contributed by atoms with Gasteiger partial charge in [-0.3, -0.25) is 9.59 Å². The molecule has 0 unspecified atom stereocenters. The first-order chi connectivity index (χ1) is 17.8. The molecule has 0 aromatic heterocycles. The maximum Gasteiger partial charge on any atom is 0.343 e. The Morgan fingerprint density at radius 1 is 0.892 bits per heavy atom. The van der Waals surface area contributed by atoms with Crippen molar-refractivity contribution in [3.8, 4) is 23.0 Å². The molecule has 0 saturated carbocycles. The van der Waals surface area contributed by atoms with Gasteiger partial charge in [0, 0.05) is 15.7 Å². The molecule has 0 heterocycles. The predicted molar refractivity (Wildman–Crippen MR) is 141 cm³/mol. The number of amides is 2. The predicted octanol–water partition coefficient (Wildman–Crippen LogP) is 4.17. The molecular formula is C26H24BrN3O7. The number of anilines is 1. The molecule has 192 valence electrons. The molecule has 10 nitrogen and oxygen atoms in total. The highest BCUT2D eigenvalue weighted by molar-refractivity contribution is 9.10. The zero-order valence-electron chi connectivity index (χ0n) is 20.2. The molecule has 0 radical (unpaired) electrons. The van der Waals surface area contributed by atoms with Crippen LogP contribution in [0, 0.1) is 0 Å². The molecule has 0 spiro atoms. The number of hydrogen-bond donors (Lipinski definition) is 2. The van der Waals surface area contributed by atoms with Crippen LogP contribution in [-0.2, 0) is 9.59 Å². The highest BCUT2D eigenvalue weighted by Gasteiger charge is 2.16. The second kappa shape index (κ2) is 13.1. The van der Waals surface area contributed by atoms with Crippen molar-refractivity contribution in [2.75, 3.05) is 26.1 Å². The molecule has 2 N–H and O–H groups in total. The van der Waals surface area contributed by atoms with E-state index in [1.807, 2.05) is 6.92 Å². The third-order valence-corrected chi connectivity index (χ3v) is 5.29. The molecule has 0 fully saturated rings. The molecule has 0 aliphatic heterocycles. The topological polar surface area (TPSA) is 125 Å². The van der Waals surface area contributed by atoms with Crippen LogP contribution in [0.3, 0.4) is 0 Å². The number of ether oxygens (including phenoxy) is 4. The summed E-state index contributed by atoms with van der Waals surface area (Å²) in [6, 6.07) is 16.1. The highest BCUT2D eigenvalue weighted by atomic mass is 79.9. The SMILES string of the molecule is CCOc1ccc(NC(=O)C(=O)N/N=C/c2cc(Br)ccc2OC(=O)c2ccc(OC)c(OC)c2)cc1. The van der Waals surface area contributed by atoms with Crippen LogP contribution in [-0.4, -0.2) is 44.8 Å². The molecule has 0 atom stereocenters. The zero-order valence-corrected chi connectivity index (χ0v) is 21.8. The standard InChI is InChI=1S/C26H24BrN3O7/c1-4-36-20-9-7-19(8-10-20)29-24(31)25(32)30-28-15-17-13-18(27)6-12-21(17)37-26(33)16-5-11-22(34-2)23(14-16)35-3/h5-15H,4H2,1-3H3,(H,29,31)(H,30,32)/b28-15+. The van der Waals surface area contributed by atoms with Gasteiger partial charge in [-0.15, -0.1) is 0 Å². The van der Waals surface area contributed by atoms with E-state index in [-0.39, 0.29) is 11.3 Å². The summed E-state index contributed by atoms with van der Waals surface area (Å²) in [5.74, 6) is -0.860. The minimum Gasteiger partial charge on any atom is -0.494 e. The van der Waals surface area contributed by atoms with Crippen LogP contribution in [0.1, 0.15) is 22.8 Å². The van der Waals surface area contributed by atoms with Crippen LogP contribution in [0.5, 0.6) is 23.0 Å². The van der Waals surface area contributed by atoms with Crippen molar-refractivity contribution < 1.29 is 33.3 Å². The molecule has 0 aliphatic carbocycles. The zero-order chi connectivity index (χ0) is 26.8. The first kappa shape index (κ1) is 27.2. The third-order valence-electron chi connectivity index (χ3n) is 4.79. The number of nitrogens with one attached hydrogen (secondary N) is 2. The lowest BCUT2D eigenvalue weighted by Gasteiger charge is -2.11. The van der Waals surface area contributed by atoms with Gasteiger partial charge in [0.25, 0.3) is 0 Å². The number of carbonyl (C=O) groups is 3. The van der Waals surface area contributed by atoms with Crippen molar-refractivity contribution in [1.82, 2.24) is 5.43 Å². The Labute approximate surface area is 221 Å². The minimum atomic E-state index is -0.982. The van der Waals surface area contributed by atoms with Crippen LogP contribution in [0.4, 0.5) is 5.69 Å². The van der Waals surface area contributed by atoms with Gasteiger partial charge in [-0.25, -0.2) is 10.2 Å². The van der Waals surface area contributed by atoms with E-state index in [0.29, 0.717) is 39.6 Å². The smallest absolute Gasteiger partial charge is 0.343 e. The molecule has 2 amide bonds. The van der Waals surface area contributed by atoms with E-state index in [1.54, 1.807) is 54.6 Å². The second-order valence-electron chi connectivity index (χ2n) is 7.25. The van der Waals surface area contributed by atoms with Gasteiger partial charge in [0.15, 0.2) is 11.5 Å². The Morgan fingerprint density at radius 2 is 1.59 bits per heavy atom. The number of halogens is 1. The lowest BCUT2D eigenvalue weighted by atomic mass is 10.2. The van der Waals surface area contributed by atoms with Crippen molar-refractivity contribution >= 4 is 45.6 Å². The molecule has 0 aliphatic rings. The molecule has 3 rings (SSSR count). The van der Waals surface area contributed by atoms with Gasteiger partial charge in [0.1, 0.15) is 11.5 Å². The Bertz CT molecular complexity index is 1310. The summed E-state index contributed by atoms with van der Waals surface area (Å²) in [4.78, 5) is 37.0. The summed E-state index contributed by atoms with van der Waals surface area (Å²) in [5.41, 5.74) is 3.18. The van der Waals surface area contributed by atoms with Crippen molar-refractivity contribution in [3.05, 3.63) is 76.3 Å². The van der Waals surface area contributed by atoms with Gasteiger partial charge in [-0.2, -0.15) is 5.10 Å². The van der Waals surface area contributed by atoms with Crippen LogP contribution in [0.15, 0.2) is 70.2 Å². The summed E-state index contributed by atoms with van der Waals surface area (Å²) < 4.78 is 21.9. The molecule has 11 heteroatoms. The van der Waals surface area contributed by atoms with Gasteiger partial charge in [-0.05, 0) is 67.6 Å². The number of rotatable bonds is 9. The number of esters is 1. The van der Waals surface area contributed by atoms with E-state index in [2.05, 4.69) is 31.8 Å². The van der Waals surface area contributed by atoms with Gasteiger partial charge in [0.05, 0.1) is 32.6 Å². The average Bonchev–Trinajstić information content (AvgIpc) is 2.90. The summed E-state index contributed by atoms with van der Waals surface area (Å²) in [7, 11) is 2.95. The van der Waals surface area contributed by atoms with Crippen molar-refractivity contribution in [2.45, 2.75) is 6.92 Å². The number of methoxy groups -OCH3 is 2. The highest BCUT2D eigenvalue weighted by Crippen LogP contribution is 2.29. The fraction of sp³-hybridized carbons (Fsp3) is 0.154. The molecule has 0 bridgehead atoms. The van der Waals surface area contributed by atoms with E-state index in [0.717, 1.165) is 0 Å². The van der Waals surface area contributed by atoms with Gasteiger partial charge in [-0.1, -0.05) is 15.9 Å². The molecule has 3 aromatic carbocycles. The number of carbonyl (C=O) groups excluding carboxylic acids is 3. The first-order valence-corrected chi connectivity index (χ1v) is 11.7. The fourth-order valence-corrected chi connectivity index (χ4v) is 3.41. The first-order valence-electron chi connectivity index (χ1n) is 11.0. The van der Waals surface area contributed by atoms with E-state index >= 15 is 0 Å². The summed E-state index contributed by atoms with van der Waals surface area (Å²) in [6.07, 6.45) is 1.25. The van der Waals surface area contributed by atoms with E-state index < -0.39 is 17.8 Å². The van der Waals surface area contributed by atoms with E-state index in [9.17, 15) is 14.4 Å². The third kappa shape index (κ3) is 7.55. The quantitative estimate of drug-likeness (QED) is 0.130. The Balaban J connectivity index is 1.65. The maximum atomic E-state index is 12.7. The second-order valence-corrected chi connectivity index (χ2v) is 8.17. The summed E-state index contributed by atoms with van der Waals surface area (Å²) in [6.45, 7) is 2.38. The van der Waals surface area contributed by atoms with E-state index in [1.165, 1.54) is 26.5 Å². The van der Waals surface area contributed by atoms with Crippen LogP contribution in [0.2, 0.25) is 0 Å². The van der Waals surface area contributed by atoms with Crippen molar-refractivity contribution in [1.29, 1.82) is 0 Å². The number of hydrazone groups is 1. The molecular weight excluding hydrogens is 546 g/mol. The molecule has 0 saturated heterocycles. The fourth-order valence-electron chi connectivity index (χ4n) is 3.04. The Morgan fingerprint density at radius 3 is 2.27 bits per heavy atom. The summed E-state index contributed by atoms with van der Waals surface area (Å²) >= 11 is 3.35. The van der Waals surface area contributed by atoms with Gasteiger partial charge < -0.3 is 24.3 Å². The van der Waals surface area contributed by atoms with Crippen LogP contribution >= 0.6 is 15.9 Å². The van der Waals surface area contributed by atoms with Crippen molar-refractivity contribution in [3.63, 3.8) is 0 Å². The summed E-state index contributed by atoms with van der Waals surface area (Å²) in [5, 5.41) is 6.29. The minimum absolute atomic E-state index is 0.180. The van der Waals surface area contributed by atoms with Crippen LogP contribution in [0.25, 0.3) is 0 Å². The number of hydrogen-bond acceptors (Lipinski definition) is 8. The lowest BCUT2D eigenvalue weighted by molar-refractivity contribution is -0.136. The maximum absolute atomic E-state index is 12.7. The number of benzene rings is 3.